The van der Waals surface area contributed by atoms with Crippen molar-refractivity contribution in [3.63, 3.8) is 0 Å². The van der Waals surface area contributed by atoms with Gasteiger partial charge < -0.3 is 11.1 Å². The van der Waals surface area contributed by atoms with Crippen LogP contribution >= 0.6 is 0 Å². The third-order valence-electron chi connectivity index (χ3n) is 3.01. The van der Waals surface area contributed by atoms with Crippen LogP contribution < -0.4 is 11.1 Å². The Morgan fingerprint density at radius 2 is 2.05 bits per heavy atom. The van der Waals surface area contributed by atoms with Gasteiger partial charge in [-0.15, -0.1) is 13.2 Å². The Hall–Kier alpha value is -1.76. The van der Waals surface area contributed by atoms with Crippen LogP contribution in [0.2, 0.25) is 0 Å². The third kappa shape index (κ3) is 4.41. The highest BCUT2D eigenvalue weighted by molar-refractivity contribution is 5.92. The van der Waals surface area contributed by atoms with Crippen molar-refractivity contribution in [2.24, 2.45) is 10.7 Å². The van der Waals surface area contributed by atoms with E-state index in [0.29, 0.717) is 0 Å². The molecule has 1 aromatic carbocycles. The quantitative estimate of drug-likeness (QED) is 0.508. The number of hydrogen-bond acceptors (Lipinski definition) is 2. The summed E-state index contributed by atoms with van der Waals surface area (Å²) in [6, 6.07) is 5.92. The first kappa shape index (κ1) is 14.6. The van der Waals surface area contributed by atoms with Gasteiger partial charge in [0.2, 0.25) is 0 Å². The minimum absolute atomic E-state index is 0.0775. The number of guanidine groups is 1. The Labute approximate surface area is 114 Å². The maximum atomic E-state index is 11.7. The van der Waals surface area contributed by atoms with E-state index in [9.17, 15) is 13.2 Å². The summed E-state index contributed by atoms with van der Waals surface area (Å²) >= 11 is 0. The van der Waals surface area contributed by atoms with E-state index in [1.165, 1.54) is 11.1 Å². The number of ether oxygens (including phenoxy) is 1. The molecule has 20 heavy (non-hydrogen) atoms. The van der Waals surface area contributed by atoms with Crippen molar-refractivity contribution in [3.8, 4) is 0 Å². The summed E-state index contributed by atoms with van der Waals surface area (Å²) in [5, 5.41) is 2.86. The van der Waals surface area contributed by atoms with Crippen LogP contribution in [0.5, 0.6) is 0 Å². The second kappa shape index (κ2) is 6.13. The monoisotopic (exact) mass is 287 g/mol. The molecule has 0 aliphatic heterocycles. The van der Waals surface area contributed by atoms with Crippen LogP contribution in [-0.2, 0) is 17.6 Å². The molecule has 0 saturated carbocycles. The molecule has 0 radical (unpaired) electrons. The number of hydrogen-bond donors (Lipinski definition) is 2. The molecular weight excluding hydrogens is 271 g/mol. The Kier molecular flexibility index (Phi) is 4.49. The molecule has 110 valence electrons. The van der Waals surface area contributed by atoms with Gasteiger partial charge in [-0.05, 0) is 42.5 Å². The van der Waals surface area contributed by atoms with E-state index >= 15 is 0 Å². The highest BCUT2D eigenvalue weighted by Crippen LogP contribution is 2.24. The van der Waals surface area contributed by atoms with Crippen molar-refractivity contribution < 1.29 is 17.9 Å². The standard InChI is InChI=1S/C13H16F3N3O/c14-13(15,16)20-7-6-18-12(17)19-11-5-4-9-2-1-3-10(9)8-11/h4-5,8H,1-3,6-7H2,(H3,17,18,19). The molecule has 3 N–H and O–H groups in total. The predicted molar refractivity (Wildman–Crippen MR) is 70.6 cm³/mol. The molecule has 0 amide bonds. The third-order valence-corrected chi connectivity index (χ3v) is 3.01. The fourth-order valence-electron chi connectivity index (χ4n) is 2.16. The lowest BCUT2D eigenvalue weighted by molar-refractivity contribution is -0.323. The van der Waals surface area contributed by atoms with Crippen LogP contribution in [0.3, 0.4) is 0 Å². The molecule has 0 aromatic heterocycles. The number of alkyl halides is 3. The van der Waals surface area contributed by atoms with Gasteiger partial charge in [-0.2, -0.15) is 0 Å². The number of nitrogens with zero attached hydrogens (tertiary/aromatic N) is 1. The maximum Gasteiger partial charge on any atom is 0.522 e. The van der Waals surface area contributed by atoms with Gasteiger partial charge in [-0.3, -0.25) is 9.73 Å². The number of rotatable bonds is 4. The number of aryl methyl sites for hydroxylation is 2. The molecule has 1 aliphatic rings. The first-order chi connectivity index (χ1) is 9.44. The zero-order valence-corrected chi connectivity index (χ0v) is 10.8. The Bertz CT molecular complexity index is 500. The van der Waals surface area contributed by atoms with Crippen molar-refractivity contribution in [2.45, 2.75) is 25.6 Å². The topological polar surface area (TPSA) is 59.6 Å². The number of nitrogens with one attached hydrogen (secondary N) is 1. The fraction of sp³-hybridized carbons (Fsp3) is 0.462. The second-order valence-electron chi connectivity index (χ2n) is 4.52. The number of halogens is 3. The molecule has 2 rings (SSSR count). The van der Waals surface area contributed by atoms with Crippen molar-refractivity contribution in [1.29, 1.82) is 0 Å². The Morgan fingerprint density at radius 1 is 1.30 bits per heavy atom. The number of nitrogens with two attached hydrogens (primary N) is 1. The van der Waals surface area contributed by atoms with Crippen LogP contribution in [0.15, 0.2) is 23.2 Å². The molecule has 1 aromatic rings. The van der Waals surface area contributed by atoms with Crippen LogP contribution in [0.1, 0.15) is 17.5 Å². The SMILES string of the molecule is NC(=NCCOC(F)(F)F)Nc1ccc2c(c1)CCC2. The van der Waals surface area contributed by atoms with Gasteiger partial charge in [0, 0.05) is 5.69 Å². The van der Waals surface area contributed by atoms with Crippen LogP contribution in [0.4, 0.5) is 18.9 Å². The molecule has 0 bridgehead atoms. The minimum Gasteiger partial charge on any atom is -0.370 e. The van der Waals surface area contributed by atoms with Gasteiger partial charge >= 0.3 is 6.36 Å². The van der Waals surface area contributed by atoms with E-state index in [4.69, 9.17) is 5.73 Å². The molecule has 0 atom stereocenters. The molecule has 0 unspecified atom stereocenters. The summed E-state index contributed by atoms with van der Waals surface area (Å²) in [5.41, 5.74) is 9.02. The highest BCUT2D eigenvalue weighted by atomic mass is 19.4. The van der Waals surface area contributed by atoms with Crippen LogP contribution in [0.25, 0.3) is 0 Å². The molecule has 0 saturated heterocycles. The summed E-state index contributed by atoms with van der Waals surface area (Å²) in [4.78, 5) is 3.77. The second-order valence-corrected chi connectivity index (χ2v) is 4.52. The Balaban J connectivity index is 1.83. The number of aliphatic imine (C=N–C) groups is 1. The molecule has 7 heteroatoms. The predicted octanol–water partition coefficient (Wildman–Crippen LogP) is 2.44. The molecular formula is C13H16F3N3O. The largest absolute Gasteiger partial charge is 0.522 e. The average molecular weight is 287 g/mol. The normalized spacial score (nSPS) is 15.2. The summed E-state index contributed by atoms with van der Waals surface area (Å²) in [7, 11) is 0. The van der Waals surface area contributed by atoms with Gasteiger partial charge in [0.1, 0.15) is 0 Å². The first-order valence-corrected chi connectivity index (χ1v) is 6.33. The van der Waals surface area contributed by atoms with Crippen molar-refractivity contribution >= 4 is 11.6 Å². The van der Waals surface area contributed by atoms with E-state index in [-0.39, 0.29) is 12.5 Å². The molecule has 0 fully saturated rings. The van der Waals surface area contributed by atoms with Crippen LogP contribution in [-0.4, -0.2) is 25.5 Å². The molecule has 0 heterocycles. The maximum absolute atomic E-state index is 11.7. The van der Waals surface area contributed by atoms with Gasteiger partial charge in [-0.1, -0.05) is 6.07 Å². The number of fused-ring (bicyclic) bond motifs is 1. The van der Waals surface area contributed by atoms with E-state index in [1.54, 1.807) is 0 Å². The van der Waals surface area contributed by atoms with Gasteiger partial charge in [0.25, 0.3) is 0 Å². The lowest BCUT2D eigenvalue weighted by atomic mass is 10.1. The highest BCUT2D eigenvalue weighted by Gasteiger charge is 2.28. The zero-order valence-electron chi connectivity index (χ0n) is 10.8. The number of anilines is 1. The van der Waals surface area contributed by atoms with E-state index in [0.717, 1.165) is 24.9 Å². The van der Waals surface area contributed by atoms with Gasteiger partial charge in [-0.25, -0.2) is 0 Å². The lowest BCUT2D eigenvalue weighted by Crippen LogP contribution is -2.24. The summed E-state index contributed by atoms with van der Waals surface area (Å²) in [5.74, 6) is 0.0775. The molecule has 4 nitrogen and oxygen atoms in total. The number of benzene rings is 1. The Morgan fingerprint density at radius 3 is 2.80 bits per heavy atom. The van der Waals surface area contributed by atoms with E-state index in [1.807, 2.05) is 18.2 Å². The summed E-state index contributed by atoms with van der Waals surface area (Å²) in [6.07, 6.45) is -1.34. The van der Waals surface area contributed by atoms with Crippen LogP contribution in [0, 0.1) is 0 Å². The van der Waals surface area contributed by atoms with Gasteiger partial charge in [0.05, 0.1) is 13.2 Å². The van der Waals surface area contributed by atoms with Crippen molar-refractivity contribution in [2.75, 3.05) is 18.5 Å². The summed E-state index contributed by atoms with van der Waals surface area (Å²) < 4.78 is 38.8. The zero-order chi connectivity index (χ0) is 14.6. The summed E-state index contributed by atoms with van der Waals surface area (Å²) in [6.45, 7) is -0.695. The van der Waals surface area contributed by atoms with Crippen molar-refractivity contribution in [3.05, 3.63) is 29.3 Å². The first-order valence-electron chi connectivity index (χ1n) is 6.33. The van der Waals surface area contributed by atoms with Gasteiger partial charge in [0.15, 0.2) is 5.96 Å². The van der Waals surface area contributed by atoms with E-state index in [2.05, 4.69) is 15.0 Å². The molecule has 0 spiro atoms. The minimum atomic E-state index is -4.63. The average Bonchev–Trinajstić information content (AvgIpc) is 2.81. The van der Waals surface area contributed by atoms with Crippen molar-refractivity contribution in [1.82, 2.24) is 0 Å². The smallest absolute Gasteiger partial charge is 0.370 e. The lowest BCUT2D eigenvalue weighted by Gasteiger charge is -2.08. The fourth-order valence-corrected chi connectivity index (χ4v) is 2.16. The molecule has 1 aliphatic carbocycles. The van der Waals surface area contributed by atoms with E-state index < -0.39 is 13.0 Å².